The fourth-order valence-corrected chi connectivity index (χ4v) is 18.3. The van der Waals surface area contributed by atoms with Gasteiger partial charge in [-0.1, -0.05) is 99.6 Å². The van der Waals surface area contributed by atoms with E-state index in [1.165, 1.54) is 46.2 Å². The van der Waals surface area contributed by atoms with E-state index in [4.69, 9.17) is 10.2 Å². The van der Waals surface area contributed by atoms with E-state index >= 15 is 0 Å². The summed E-state index contributed by atoms with van der Waals surface area (Å²) in [6, 6.07) is 32.7. The lowest BCUT2D eigenvalue weighted by Gasteiger charge is -2.92. The van der Waals surface area contributed by atoms with Crippen LogP contribution in [0.2, 0.25) is 0 Å². The highest BCUT2D eigenvalue weighted by atomic mass is 31.1. The van der Waals surface area contributed by atoms with E-state index in [2.05, 4.69) is 128 Å². The largest absolute Gasteiger partial charge is 0.261 e. The van der Waals surface area contributed by atoms with Gasteiger partial charge in [0.05, 0.1) is 5.69 Å². The molecule has 0 aliphatic heterocycles. The van der Waals surface area contributed by atoms with Crippen molar-refractivity contribution in [1.82, 2.24) is 9.78 Å². The van der Waals surface area contributed by atoms with Crippen molar-refractivity contribution in [1.29, 1.82) is 0 Å². The first kappa shape index (κ1) is 33.1. The van der Waals surface area contributed by atoms with Crippen LogP contribution in [0, 0.1) is 58.7 Å². The first-order chi connectivity index (χ1) is 25.9. The Hall–Kier alpha value is -3.23. The van der Waals surface area contributed by atoms with Crippen LogP contribution >= 0.6 is 8.58 Å². The maximum atomic E-state index is 5.60. The number of aromatic nitrogens is 2. The Kier molecular flexibility index (Phi) is 7.59. The van der Waals surface area contributed by atoms with Crippen LogP contribution in [-0.4, -0.2) is 32.9 Å². The highest BCUT2D eigenvalue weighted by Gasteiger charge is 2.88. The summed E-state index contributed by atoms with van der Waals surface area (Å²) in [5.41, 5.74) is 7.58. The molecule has 4 aromatic rings. The Morgan fingerprint density at radius 2 is 1.47 bits per heavy atom. The molecular formula is C48H57N4P. The fraction of sp³-hybridized carbons (Fsp3) is 0.542. The minimum atomic E-state index is 0.404. The van der Waals surface area contributed by atoms with E-state index in [9.17, 15) is 0 Å². The number of fused-ring (bicyclic) bond motifs is 1. The molecule has 0 radical (unpaired) electrons. The van der Waals surface area contributed by atoms with E-state index in [0.29, 0.717) is 22.9 Å². The van der Waals surface area contributed by atoms with Crippen LogP contribution in [0.4, 0.5) is 5.69 Å². The van der Waals surface area contributed by atoms with Crippen LogP contribution in [0.15, 0.2) is 96.1 Å². The Labute approximate surface area is 319 Å². The lowest BCUT2D eigenvalue weighted by atomic mass is 9.18. The van der Waals surface area contributed by atoms with Gasteiger partial charge in [-0.3, -0.25) is 5.01 Å². The van der Waals surface area contributed by atoms with E-state index in [1.54, 1.807) is 25.7 Å². The SMILES string of the molecule is CC(C)CC(C)/C=N\N(CC1CC2CC3CC(PC45CC6CC7CC(C4)C765)(C1)C3C2)c1c(-c2ccccc2)nn(-c2ccccc2)c1-c1ccccc1. The minimum Gasteiger partial charge on any atom is -0.261 e. The summed E-state index contributed by atoms with van der Waals surface area (Å²) >= 11 is 0. The normalized spacial score (nSPS) is 37.5. The zero-order valence-electron chi connectivity index (χ0n) is 32.0. The van der Waals surface area contributed by atoms with Crippen molar-refractivity contribution < 1.29 is 0 Å². The monoisotopic (exact) mass is 720 g/mol. The summed E-state index contributed by atoms with van der Waals surface area (Å²) < 4.78 is 2.20. The van der Waals surface area contributed by atoms with Crippen molar-refractivity contribution in [3.63, 3.8) is 0 Å². The number of hydrogen-bond donors (Lipinski definition) is 0. The number of benzene rings is 3. The molecule has 7 fully saturated rings. The molecule has 0 N–H and O–H groups in total. The third-order valence-electron chi connectivity index (χ3n) is 16.1. The summed E-state index contributed by atoms with van der Waals surface area (Å²) in [5, 5.41) is 14.9. The summed E-state index contributed by atoms with van der Waals surface area (Å²) in [6.45, 7) is 7.99. The third kappa shape index (κ3) is 4.82. The number of rotatable bonds is 12. The molecule has 9 atom stereocenters. The van der Waals surface area contributed by atoms with Gasteiger partial charge in [0, 0.05) is 23.9 Å². The maximum Gasteiger partial charge on any atom is 0.119 e. The van der Waals surface area contributed by atoms with E-state index in [-0.39, 0.29) is 0 Å². The second kappa shape index (κ2) is 12.1. The van der Waals surface area contributed by atoms with Gasteiger partial charge in [0.15, 0.2) is 0 Å². The molecule has 1 heterocycles. The van der Waals surface area contributed by atoms with Crippen LogP contribution in [0.1, 0.15) is 85.0 Å². The molecule has 7 aliphatic carbocycles. The van der Waals surface area contributed by atoms with Crippen molar-refractivity contribution in [3.8, 4) is 28.2 Å². The molecule has 7 aliphatic rings. The molecule has 3 aromatic carbocycles. The smallest absolute Gasteiger partial charge is 0.119 e. The summed E-state index contributed by atoms with van der Waals surface area (Å²) in [5.74, 6) is 7.95. The van der Waals surface area contributed by atoms with Crippen LogP contribution in [0.5, 0.6) is 0 Å². The molecule has 0 saturated heterocycles. The second-order valence-electron chi connectivity index (χ2n) is 19.5. The molecule has 11 rings (SSSR count). The molecule has 9 unspecified atom stereocenters. The quantitative estimate of drug-likeness (QED) is 0.0829. The number of anilines is 1. The zero-order chi connectivity index (χ0) is 35.5. The van der Waals surface area contributed by atoms with Gasteiger partial charge in [-0.2, -0.15) is 10.2 Å². The lowest BCUT2D eigenvalue weighted by molar-refractivity contribution is -0.359. The number of hydrogen-bond acceptors (Lipinski definition) is 3. The average molecular weight is 721 g/mol. The van der Waals surface area contributed by atoms with Crippen molar-refractivity contribution in [3.05, 3.63) is 91.0 Å². The predicted octanol–water partition coefficient (Wildman–Crippen LogP) is 11.7. The Bertz CT molecular complexity index is 1990. The van der Waals surface area contributed by atoms with Gasteiger partial charge >= 0.3 is 0 Å². The molecule has 274 valence electrons. The van der Waals surface area contributed by atoms with Crippen molar-refractivity contribution >= 4 is 20.5 Å². The summed E-state index contributed by atoms with van der Waals surface area (Å²) in [6.07, 6.45) is 17.1. The molecule has 53 heavy (non-hydrogen) atoms. The second-order valence-corrected chi connectivity index (χ2v) is 21.7. The van der Waals surface area contributed by atoms with Crippen LogP contribution < -0.4 is 5.01 Å². The van der Waals surface area contributed by atoms with Crippen LogP contribution in [0.25, 0.3) is 28.2 Å². The first-order valence-electron chi connectivity index (χ1n) is 21.3. The molecule has 4 nitrogen and oxygen atoms in total. The fourth-order valence-electron chi connectivity index (χ4n) is 14.5. The van der Waals surface area contributed by atoms with Crippen molar-refractivity contribution in [2.75, 3.05) is 11.6 Å². The summed E-state index contributed by atoms with van der Waals surface area (Å²) in [4.78, 5) is 0. The van der Waals surface area contributed by atoms with Crippen LogP contribution in [0.3, 0.4) is 0 Å². The molecular weight excluding hydrogens is 664 g/mol. The first-order valence-corrected chi connectivity index (χ1v) is 22.3. The number of hydrazone groups is 1. The van der Waals surface area contributed by atoms with Gasteiger partial charge in [-0.05, 0) is 145 Å². The third-order valence-corrected chi connectivity index (χ3v) is 18.7. The predicted molar refractivity (Wildman–Crippen MR) is 221 cm³/mol. The van der Waals surface area contributed by atoms with Gasteiger partial charge in [0.2, 0.25) is 0 Å². The molecule has 7 saturated carbocycles. The van der Waals surface area contributed by atoms with Gasteiger partial charge in [-0.15, -0.1) is 8.58 Å². The molecule has 2 bridgehead atoms. The maximum absolute atomic E-state index is 5.60. The zero-order valence-corrected chi connectivity index (χ0v) is 33.0. The van der Waals surface area contributed by atoms with Crippen molar-refractivity contribution in [2.45, 2.75) is 95.3 Å². The van der Waals surface area contributed by atoms with E-state index < -0.39 is 0 Å². The highest BCUT2D eigenvalue weighted by molar-refractivity contribution is 7.42. The van der Waals surface area contributed by atoms with Gasteiger partial charge in [-0.25, -0.2) is 4.68 Å². The Morgan fingerprint density at radius 1 is 0.792 bits per heavy atom. The lowest BCUT2D eigenvalue weighted by Crippen LogP contribution is -2.88. The van der Waals surface area contributed by atoms with Gasteiger partial charge in [0.1, 0.15) is 17.1 Å². The Morgan fingerprint density at radius 3 is 2.13 bits per heavy atom. The average Bonchev–Trinajstić information content (AvgIpc) is 3.65. The highest BCUT2D eigenvalue weighted by Crippen LogP contribution is 2.95. The van der Waals surface area contributed by atoms with E-state index in [1.807, 2.05) is 0 Å². The Balaban J connectivity index is 1.02. The standard InChI is InChI=1S/C48H57N4P/c1-31(2)19-32(3)29-49-51(45-43(35-13-7-4-8-14-35)50-52(41-17-11-6-12-18-41)44(45)36-15-9-5-10-16-36)30-34-20-33-21-37-26-46(25-34,42(37)22-33)53-47-27-39-23-38-24-40(28-47)48(38,39)47/h4-18,29,31-34,37-40,42,53H,19-28,30H2,1-3H3/b49-29-. The van der Waals surface area contributed by atoms with E-state index in [0.717, 1.165) is 87.4 Å². The topological polar surface area (TPSA) is 33.4 Å². The molecule has 1 spiro atoms. The summed E-state index contributed by atoms with van der Waals surface area (Å²) in [7, 11) is 1.22. The van der Waals surface area contributed by atoms with Crippen LogP contribution in [-0.2, 0) is 0 Å². The van der Waals surface area contributed by atoms with Crippen molar-refractivity contribution in [2.24, 2.45) is 63.8 Å². The minimum absolute atomic E-state index is 0.404. The van der Waals surface area contributed by atoms with Gasteiger partial charge in [0.25, 0.3) is 0 Å². The molecule has 5 heteroatoms. The molecule has 0 amide bonds. The number of nitrogens with zero attached hydrogens (tertiary/aromatic N) is 4. The number of para-hydroxylation sites is 1. The molecule has 1 aromatic heterocycles. The van der Waals surface area contributed by atoms with Gasteiger partial charge < -0.3 is 0 Å².